The van der Waals surface area contributed by atoms with Gasteiger partial charge in [0.05, 0.1) is 0 Å². The van der Waals surface area contributed by atoms with E-state index in [9.17, 15) is 0 Å². The zero-order valence-corrected chi connectivity index (χ0v) is 13.4. The minimum absolute atomic E-state index is 0.433. The molecule has 2 aromatic heterocycles. The predicted molar refractivity (Wildman–Crippen MR) is 88.5 cm³/mol. The number of aryl methyl sites for hydroxylation is 1. The van der Waals surface area contributed by atoms with Gasteiger partial charge in [0, 0.05) is 33.9 Å². The lowest BCUT2D eigenvalue weighted by atomic mass is 10.0. The van der Waals surface area contributed by atoms with Crippen molar-refractivity contribution in [1.82, 2.24) is 10.3 Å². The molecule has 0 aromatic carbocycles. The second-order valence-electron chi connectivity index (χ2n) is 5.07. The van der Waals surface area contributed by atoms with Gasteiger partial charge in [0.25, 0.3) is 0 Å². The van der Waals surface area contributed by atoms with Crippen LogP contribution in [0.5, 0.6) is 0 Å². The Morgan fingerprint density at radius 2 is 2.20 bits per heavy atom. The fraction of sp³-hybridized carbons (Fsp3) is 0.438. The van der Waals surface area contributed by atoms with Gasteiger partial charge in [-0.15, -0.1) is 11.3 Å². The van der Waals surface area contributed by atoms with Crippen molar-refractivity contribution < 1.29 is 0 Å². The first-order valence-corrected chi connectivity index (χ1v) is 9.15. The van der Waals surface area contributed by atoms with Crippen LogP contribution in [-0.2, 0) is 18.6 Å². The molecule has 0 bridgehead atoms. The van der Waals surface area contributed by atoms with Crippen LogP contribution in [0.2, 0.25) is 0 Å². The van der Waals surface area contributed by atoms with Crippen molar-refractivity contribution in [1.29, 1.82) is 0 Å². The minimum Gasteiger partial charge on any atom is -0.309 e. The van der Waals surface area contributed by atoms with Crippen molar-refractivity contribution in [2.24, 2.45) is 0 Å². The standard InChI is InChI=1S/C16H20N2S2/c1-2-18-14(9-12-3-6-17-7-4-12)16-10-13-11-19-8-5-15(13)20-16/h3-4,6-7,10,14,18H,2,5,8-9,11H2,1H3. The summed E-state index contributed by atoms with van der Waals surface area (Å²) in [5, 5.41) is 3.64. The number of fused-ring (bicyclic) bond motifs is 1. The summed E-state index contributed by atoms with van der Waals surface area (Å²) in [5.74, 6) is 2.48. The zero-order valence-electron chi connectivity index (χ0n) is 11.8. The van der Waals surface area contributed by atoms with Crippen molar-refractivity contribution in [3.8, 4) is 0 Å². The molecule has 1 aliphatic rings. The summed E-state index contributed by atoms with van der Waals surface area (Å²) in [6.07, 6.45) is 6.06. The number of hydrogen-bond acceptors (Lipinski definition) is 4. The Morgan fingerprint density at radius 1 is 1.35 bits per heavy atom. The molecule has 0 radical (unpaired) electrons. The van der Waals surface area contributed by atoms with E-state index in [1.165, 1.54) is 28.4 Å². The molecule has 2 nitrogen and oxygen atoms in total. The van der Waals surface area contributed by atoms with Crippen molar-refractivity contribution >= 4 is 23.1 Å². The van der Waals surface area contributed by atoms with E-state index in [2.05, 4.69) is 47.2 Å². The molecule has 20 heavy (non-hydrogen) atoms. The van der Waals surface area contributed by atoms with Crippen LogP contribution >= 0.6 is 23.1 Å². The summed E-state index contributed by atoms with van der Waals surface area (Å²) < 4.78 is 0. The van der Waals surface area contributed by atoms with Crippen LogP contribution in [0, 0.1) is 0 Å². The van der Waals surface area contributed by atoms with Crippen LogP contribution in [0.4, 0.5) is 0 Å². The number of nitrogens with zero attached hydrogens (tertiary/aromatic N) is 1. The SMILES string of the molecule is CCNC(Cc1ccncc1)c1cc2c(s1)CCSC2. The van der Waals surface area contributed by atoms with Gasteiger partial charge in [0.1, 0.15) is 0 Å². The summed E-state index contributed by atoms with van der Waals surface area (Å²) in [6, 6.07) is 7.10. The second kappa shape index (κ2) is 6.74. The van der Waals surface area contributed by atoms with Gasteiger partial charge in [-0.3, -0.25) is 4.98 Å². The molecule has 1 atom stereocenters. The zero-order chi connectivity index (χ0) is 13.8. The van der Waals surface area contributed by atoms with E-state index >= 15 is 0 Å². The summed E-state index contributed by atoms with van der Waals surface area (Å²) in [6.45, 7) is 3.19. The van der Waals surface area contributed by atoms with E-state index in [0.717, 1.165) is 13.0 Å². The highest BCUT2D eigenvalue weighted by Gasteiger charge is 2.19. The van der Waals surface area contributed by atoms with E-state index in [-0.39, 0.29) is 0 Å². The van der Waals surface area contributed by atoms with Gasteiger partial charge < -0.3 is 5.32 Å². The van der Waals surface area contributed by atoms with E-state index in [0.29, 0.717) is 6.04 Å². The molecule has 3 heterocycles. The number of pyridine rings is 1. The monoisotopic (exact) mass is 304 g/mol. The largest absolute Gasteiger partial charge is 0.309 e. The average Bonchev–Trinajstić information content (AvgIpc) is 2.92. The summed E-state index contributed by atoms with van der Waals surface area (Å²) in [7, 11) is 0. The van der Waals surface area contributed by atoms with E-state index in [1.54, 1.807) is 10.4 Å². The summed E-state index contributed by atoms with van der Waals surface area (Å²) in [4.78, 5) is 7.21. The number of thioether (sulfide) groups is 1. The topological polar surface area (TPSA) is 24.9 Å². The van der Waals surface area contributed by atoms with E-state index in [4.69, 9.17) is 0 Å². The molecule has 1 unspecified atom stereocenters. The van der Waals surface area contributed by atoms with Crippen molar-refractivity contribution in [2.75, 3.05) is 12.3 Å². The molecule has 0 fully saturated rings. The van der Waals surface area contributed by atoms with Gasteiger partial charge in [-0.05, 0) is 54.5 Å². The molecule has 0 saturated carbocycles. The number of rotatable bonds is 5. The van der Waals surface area contributed by atoms with E-state index < -0.39 is 0 Å². The maximum Gasteiger partial charge on any atom is 0.0455 e. The number of likely N-dealkylation sites (N-methyl/N-ethyl adjacent to an activating group) is 1. The van der Waals surface area contributed by atoms with Crippen molar-refractivity contribution in [3.05, 3.63) is 51.5 Å². The third kappa shape index (κ3) is 3.25. The Morgan fingerprint density at radius 3 is 2.95 bits per heavy atom. The van der Waals surface area contributed by atoms with Crippen LogP contribution in [0.25, 0.3) is 0 Å². The van der Waals surface area contributed by atoms with Crippen molar-refractivity contribution in [2.45, 2.75) is 31.6 Å². The highest BCUT2D eigenvalue weighted by molar-refractivity contribution is 7.98. The molecular weight excluding hydrogens is 284 g/mol. The number of hydrogen-bond donors (Lipinski definition) is 1. The maximum atomic E-state index is 4.10. The van der Waals surface area contributed by atoms with Gasteiger partial charge in [0.15, 0.2) is 0 Å². The normalized spacial score (nSPS) is 15.8. The molecular formula is C16H20N2S2. The average molecular weight is 304 g/mol. The smallest absolute Gasteiger partial charge is 0.0455 e. The third-order valence-corrected chi connectivity index (χ3v) is 5.99. The molecule has 1 aliphatic heterocycles. The first kappa shape index (κ1) is 14.1. The molecule has 1 N–H and O–H groups in total. The van der Waals surface area contributed by atoms with Crippen molar-refractivity contribution in [3.63, 3.8) is 0 Å². The maximum absolute atomic E-state index is 4.10. The Labute approximate surface area is 129 Å². The lowest BCUT2D eigenvalue weighted by Gasteiger charge is -2.16. The first-order valence-electron chi connectivity index (χ1n) is 7.18. The Bertz CT molecular complexity index is 527. The summed E-state index contributed by atoms with van der Waals surface area (Å²) >= 11 is 4.07. The van der Waals surface area contributed by atoms with Crippen LogP contribution in [0.1, 0.15) is 33.8 Å². The quantitative estimate of drug-likeness (QED) is 0.909. The molecule has 4 heteroatoms. The van der Waals surface area contributed by atoms with Gasteiger partial charge in [-0.2, -0.15) is 11.8 Å². The van der Waals surface area contributed by atoms with Gasteiger partial charge >= 0.3 is 0 Å². The Hall–Kier alpha value is -0.840. The molecule has 0 spiro atoms. The molecule has 3 rings (SSSR count). The number of aromatic nitrogens is 1. The number of thiophene rings is 1. The van der Waals surface area contributed by atoms with Crippen LogP contribution in [-0.4, -0.2) is 17.3 Å². The lowest BCUT2D eigenvalue weighted by Crippen LogP contribution is -2.22. The highest BCUT2D eigenvalue weighted by Crippen LogP contribution is 2.35. The van der Waals surface area contributed by atoms with Crippen LogP contribution < -0.4 is 5.32 Å². The minimum atomic E-state index is 0.433. The highest BCUT2D eigenvalue weighted by atomic mass is 32.2. The Kier molecular flexibility index (Phi) is 4.76. The third-order valence-electron chi connectivity index (χ3n) is 3.63. The first-order chi connectivity index (χ1) is 9.86. The predicted octanol–water partition coefficient (Wildman–Crippen LogP) is 3.83. The second-order valence-corrected chi connectivity index (χ2v) is 7.34. The molecule has 106 valence electrons. The van der Waals surface area contributed by atoms with Gasteiger partial charge in [-0.1, -0.05) is 6.92 Å². The molecule has 0 saturated heterocycles. The van der Waals surface area contributed by atoms with Crippen LogP contribution in [0.15, 0.2) is 30.6 Å². The Balaban J connectivity index is 1.81. The fourth-order valence-corrected chi connectivity index (χ4v) is 5.07. The molecule has 0 amide bonds. The van der Waals surface area contributed by atoms with Gasteiger partial charge in [0.2, 0.25) is 0 Å². The molecule has 2 aromatic rings. The van der Waals surface area contributed by atoms with Gasteiger partial charge in [-0.25, -0.2) is 0 Å². The molecule has 0 aliphatic carbocycles. The lowest BCUT2D eigenvalue weighted by molar-refractivity contribution is 0.558. The number of nitrogens with one attached hydrogen (secondary N) is 1. The fourth-order valence-electron chi connectivity index (χ4n) is 2.62. The van der Waals surface area contributed by atoms with E-state index in [1.807, 2.05) is 23.7 Å². The van der Waals surface area contributed by atoms with Crippen LogP contribution in [0.3, 0.4) is 0 Å². The summed E-state index contributed by atoms with van der Waals surface area (Å²) in [5.41, 5.74) is 2.92.